The van der Waals surface area contributed by atoms with Gasteiger partial charge in [0.1, 0.15) is 5.75 Å². The van der Waals surface area contributed by atoms with Crippen molar-refractivity contribution in [3.63, 3.8) is 0 Å². The number of hydrogen-bond acceptors (Lipinski definition) is 6. The second-order valence-corrected chi connectivity index (χ2v) is 9.48. The first-order valence-electron chi connectivity index (χ1n) is 10.2. The van der Waals surface area contributed by atoms with E-state index in [2.05, 4.69) is 11.8 Å². The lowest BCUT2D eigenvalue weighted by atomic mass is 10.2. The van der Waals surface area contributed by atoms with Gasteiger partial charge in [-0.1, -0.05) is 18.3 Å². The van der Waals surface area contributed by atoms with Crippen LogP contribution in [0.4, 0.5) is 5.13 Å². The fourth-order valence-electron chi connectivity index (χ4n) is 3.11. The zero-order valence-electron chi connectivity index (χ0n) is 18.5. The van der Waals surface area contributed by atoms with E-state index in [9.17, 15) is 4.79 Å². The Hall–Kier alpha value is -1.80. The maximum atomic E-state index is 13.4. The van der Waals surface area contributed by atoms with Crippen LogP contribution in [0.2, 0.25) is 0 Å². The summed E-state index contributed by atoms with van der Waals surface area (Å²) in [7, 11) is 4.09. The van der Waals surface area contributed by atoms with Crippen LogP contribution in [-0.4, -0.2) is 55.3 Å². The molecule has 0 bridgehead atoms. The number of anilines is 1. The largest absolute Gasteiger partial charge is 0.494 e. The predicted molar refractivity (Wildman–Crippen MR) is 136 cm³/mol. The number of aromatic nitrogens is 1. The molecule has 3 aromatic rings. The Bertz CT molecular complexity index is 977. The maximum Gasteiger partial charge on any atom is 0.260 e. The molecule has 0 aliphatic rings. The monoisotopic (exact) mass is 479 g/mol. The van der Waals surface area contributed by atoms with Crippen molar-refractivity contribution < 1.29 is 9.53 Å². The summed E-state index contributed by atoms with van der Waals surface area (Å²) in [6.45, 7) is 6.26. The van der Waals surface area contributed by atoms with Gasteiger partial charge in [0, 0.05) is 17.0 Å². The van der Waals surface area contributed by atoms with E-state index in [1.807, 2.05) is 68.4 Å². The Labute approximate surface area is 199 Å². The third kappa shape index (κ3) is 6.84. The van der Waals surface area contributed by atoms with Crippen LogP contribution >= 0.6 is 35.5 Å². The second kappa shape index (κ2) is 12.3. The number of amides is 1. The number of benzene rings is 2. The fraction of sp³-hybridized carbons (Fsp3) is 0.391. The molecule has 1 heterocycles. The van der Waals surface area contributed by atoms with Crippen molar-refractivity contribution >= 4 is 56.8 Å². The zero-order chi connectivity index (χ0) is 21.5. The van der Waals surface area contributed by atoms with Crippen LogP contribution in [0.25, 0.3) is 10.2 Å². The van der Waals surface area contributed by atoms with Gasteiger partial charge in [-0.2, -0.15) is 0 Å². The molecule has 0 radical (unpaired) electrons. The quantitative estimate of drug-likeness (QED) is 0.342. The molecule has 0 saturated heterocycles. The minimum absolute atomic E-state index is 0. The van der Waals surface area contributed by atoms with Crippen molar-refractivity contribution in [2.24, 2.45) is 0 Å². The summed E-state index contributed by atoms with van der Waals surface area (Å²) in [6, 6.07) is 13.8. The van der Waals surface area contributed by atoms with Crippen LogP contribution in [0, 0.1) is 0 Å². The fourth-order valence-corrected chi connectivity index (χ4v) is 4.79. The van der Waals surface area contributed by atoms with Crippen LogP contribution in [-0.2, 0) is 0 Å². The van der Waals surface area contributed by atoms with E-state index in [1.54, 1.807) is 11.8 Å². The zero-order valence-corrected chi connectivity index (χ0v) is 20.9. The molecule has 1 amide bonds. The highest BCUT2D eigenvalue weighted by atomic mass is 35.5. The highest BCUT2D eigenvalue weighted by Gasteiger charge is 2.21. The number of nitrogens with zero attached hydrogens (tertiary/aromatic N) is 3. The second-order valence-electron chi connectivity index (χ2n) is 7.13. The number of carbonyl (C=O) groups excluding carboxylic acids is 1. The predicted octanol–water partition coefficient (Wildman–Crippen LogP) is 5.83. The minimum atomic E-state index is -0.00843. The Morgan fingerprint density at radius 2 is 1.84 bits per heavy atom. The summed E-state index contributed by atoms with van der Waals surface area (Å²) in [6.07, 6.45) is 0.878. The maximum absolute atomic E-state index is 13.4. The Morgan fingerprint density at radius 1 is 1.10 bits per heavy atom. The van der Waals surface area contributed by atoms with Gasteiger partial charge in [0.05, 0.1) is 16.8 Å². The molecule has 0 aliphatic heterocycles. The van der Waals surface area contributed by atoms with Gasteiger partial charge in [-0.25, -0.2) is 4.98 Å². The van der Waals surface area contributed by atoms with Crippen molar-refractivity contribution in [2.75, 3.05) is 44.4 Å². The SMILES string of the molecule is CCOc1ccc2nc(N(CCCN(C)C)C(=O)c3ccc(SCC)cc3)sc2c1.Cl. The number of thiazole rings is 1. The summed E-state index contributed by atoms with van der Waals surface area (Å²) >= 11 is 3.31. The molecular weight excluding hydrogens is 450 g/mol. The van der Waals surface area contributed by atoms with Crippen LogP contribution in [0.3, 0.4) is 0 Å². The van der Waals surface area contributed by atoms with Gasteiger partial charge >= 0.3 is 0 Å². The molecular formula is C23H30ClN3O2S2. The minimum Gasteiger partial charge on any atom is -0.494 e. The third-order valence-corrected chi connectivity index (χ3v) is 6.47. The molecule has 2 aromatic carbocycles. The highest BCUT2D eigenvalue weighted by molar-refractivity contribution is 7.99. The third-order valence-electron chi connectivity index (χ3n) is 4.53. The molecule has 0 spiro atoms. The number of carbonyl (C=O) groups is 1. The molecule has 31 heavy (non-hydrogen) atoms. The summed E-state index contributed by atoms with van der Waals surface area (Å²) in [5.41, 5.74) is 1.58. The van der Waals surface area contributed by atoms with Gasteiger partial charge in [-0.15, -0.1) is 24.2 Å². The molecule has 0 saturated carbocycles. The van der Waals surface area contributed by atoms with E-state index in [0.29, 0.717) is 18.7 Å². The van der Waals surface area contributed by atoms with Crippen molar-refractivity contribution in [2.45, 2.75) is 25.2 Å². The molecule has 0 aliphatic carbocycles. The molecule has 0 fully saturated rings. The van der Waals surface area contributed by atoms with E-state index in [0.717, 1.165) is 39.8 Å². The standard InChI is InChI=1S/C23H29N3O2S2.ClH/c1-5-28-18-10-13-20-21(16-18)30-23(24-20)26(15-7-14-25(3)4)22(27)17-8-11-19(12-9-17)29-6-2;/h8-13,16H,5-7,14-15H2,1-4H3;1H. The van der Waals surface area contributed by atoms with E-state index >= 15 is 0 Å². The smallest absolute Gasteiger partial charge is 0.260 e. The van der Waals surface area contributed by atoms with Crippen molar-refractivity contribution in [3.8, 4) is 5.75 Å². The summed E-state index contributed by atoms with van der Waals surface area (Å²) < 4.78 is 6.64. The van der Waals surface area contributed by atoms with E-state index in [-0.39, 0.29) is 18.3 Å². The van der Waals surface area contributed by atoms with Crippen LogP contribution in [0.5, 0.6) is 5.75 Å². The number of ether oxygens (including phenoxy) is 1. The van der Waals surface area contributed by atoms with Crippen LogP contribution < -0.4 is 9.64 Å². The lowest BCUT2D eigenvalue weighted by Crippen LogP contribution is -2.33. The lowest BCUT2D eigenvalue weighted by Gasteiger charge is -2.21. The summed E-state index contributed by atoms with van der Waals surface area (Å²) in [5, 5.41) is 0.731. The van der Waals surface area contributed by atoms with Gasteiger partial charge in [0.15, 0.2) is 5.13 Å². The first-order valence-corrected chi connectivity index (χ1v) is 12.0. The molecule has 0 unspecified atom stereocenters. The normalized spacial score (nSPS) is 10.9. The van der Waals surface area contributed by atoms with Gasteiger partial charge in [-0.3, -0.25) is 9.69 Å². The van der Waals surface area contributed by atoms with Gasteiger partial charge < -0.3 is 9.64 Å². The number of fused-ring (bicyclic) bond motifs is 1. The van der Waals surface area contributed by atoms with E-state index in [4.69, 9.17) is 9.72 Å². The Balaban J connectivity index is 0.00000341. The molecule has 0 N–H and O–H groups in total. The Kier molecular flexibility index (Phi) is 10.1. The highest BCUT2D eigenvalue weighted by Crippen LogP contribution is 2.32. The first-order chi connectivity index (χ1) is 14.5. The first kappa shape index (κ1) is 25.5. The number of halogens is 1. The van der Waals surface area contributed by atoms with E-state index in [1.165, 1.54) is 16.2 Å². The molecule has 168 valence electrons. The van der Waals surface area contributed by atoms with Crippen LogP contribution in [0.1, 0.15) is 30.6 Å². The number of hydrogen-bond donors (Lipinski definition) is 0. The van der Waals surface area contributed by atoms with Gasteiger partial charge in [-0.05, 0) is 82.2 Å². The van der Waals surface area contributed by atoms with Gasteiger partial charge in [0.2, 0.25) is 0 Å². The molecule has 0 atom stereocenters. The lowest BCUT2D eigenvalue weighted by molar-refractivity contribution is 0.0986. The average Bonchev–Trinajstić information content (AvgIpc) is 3.14. The molecule has 5 nitrogen and oxygen atoms in total. The average molecular weight is 480 g/mol. The Morgan fingerprint density at radius 3 is 2.48 bits per heavy atom. The van der Waals surface area contributed by atoms with Crippen molar-refractivity contribution in [1.29, 1.82) is 0 Å². The summed E-state index contributed by atoms with van der Waals surface area (Å²) in [5.74, 6) is 1.83. The number of thioether (sulfide) groups is 1. The van der Waals surface area contributed by atoms with Crippen LogP contribution in [0.15, 0.2) is 47.4 Å². The molecule has 8 heteroatoms. The molecule has 1 aromatic heterocycles. The molecule has 3 rings (SSSR count). The van der Waals surface area contributed by atoms with Gasteiger partial charge in [0.25, 0.3) is 5.91 Å². The van der Waals surface area contributed by atoms with Crippen molar-refractivity contribution in [3.05, 3.63) is 48.0 Å². The summed E-state index contributed by atoms with van der Waals surface area (Å²) in [4.78, 5) is 23.3. The van der Waals surface area contributed by atoms with Crippen molar-refractivity contribution in [1.82, 2.24) is 9.88 Å². The topological polar surface area (TPSA) is 45.7 Å². The number of rotatable bonds is 10. The van der Waals surface area contributed by atoms with E-state index < -0.39 is 0 Å².